The number of nitrogens with zero attached hydrogens (tertiary/aromatic N) is 4. The second-order valence-corrected chi connectivity index (χ2v) is 5.92. The molecule has 0 unspecified atom stereocenters. The molecular formula is C19H20N6O2. The highest BCUT2D eigenvalue weighted by Gasteiger charge is 2.12. The van der Waals surface area contributed by atoms with Crippen molar-refractivity contribution < 1.29 is 9.90 Å². The Bertz CT molecular complexity index is 1090. The molecule has 1 amide bonds. The van der Waals surface area contributed by atoms with Gasteiger partial charge in [0.1, 0.15) is 5.75 Å². The van der Waals surface area contributed by atoms with Gasteiger partial charge in [0.25, 0.3) is 0 Å². The van der Waals surface area contributed by atoms with Crippen LogP contribution in [0.5, 0.6) is 5.75 Å². The molecule has 0 aliphatic rings. The number of carbonyl (C=O) groups is 1. The van der Waals surface area contributed by atoms with Gasteiger partial charge in [0.2, 0.25) is 11.9 Å². The van der Waals surface area contributed by atoms with E-state index in [2.05, 4.69) is 15.1 Å². The van der Waals surface area contributed by atoms with Gasteiger partial charge in [-0.2, -0.15) is 4.52 Å². The van der Waals surface area contributed by atoms with E-state index in [0.717, 1.165) is 22.9 Å². The van der Waals surface area contributed by atoms with E-state index in [4.69, 9.17) is 11.5 Å². The quantitative estimate of drug-likeness (QED) is 0.511. The maximum Gasteiger partial charge on any atom is 0.223 e. The lowest BCUT2D eigenvalue weighted by atomic mass is 10.2. The molecule has 27 heavy (non-hydrogen) atoms. The highest BCUT2D eigenvalue weighted by Crippen LogP contribution is 2.24. The summed E-state index contributed by atoms with van der Waals surface area (Å²) in [4.78, 5) is 18.7. The fraction of sp³-hybridized carbons (Fsp3) is 0.158. The van der Waals surface area contributed by atoms with Gasteiger partial charge in [0.15, 0.2) is 11.5 Å². The zero-order valence-corrected chi connectivity index (χ0v) is 14.8. The van der Waals surface area contributed by atoms with Crippen LogP contribution in [0, 0.1) is 0 Å². The van der Waals surface area contributed by atoms with E-state index in [0.29, 0.717) is 23.8 Å². The van der Waals surface area contributed by atoms with Crippen LogP contribution in [0.25, 0.3) is 27.9 Å². The van der Waals surface area contributed by atoms with E-state index in [1.165, 1.54) is 4.52 Å². The molecule has 5 N–H and O–H groups in total. The van der Waals surface area contributed by atoms with E-state index in [-0.39, 0.29) is 11.7 Å². The second kappa shape index (κ2) is 7.69. The number of phenolic OH excluding ortho intramolecular Hbond substituents is 1. The molecule has 4 rings (SSSR count). The number of fused-ring (bicyclic) bond motifs is 3. The molecule has 0 aliphatic heterocycles. The summed E-state index contributed by atoms with van der Waals surface area (Å²) >= 11 is 0. The van der Waals surface area contributed by atoms with Crippen molar-refractivity contribution in [2.45, 2.75) is 19.8 Å². The van der Waals surface area contributed by atoms with Gasteiger partial charge in [-0.25, -0.2) is 9.97 Å². The molecule has 0 saturated carbocycles. The first-order valence-electron chi connectivity index (χ1n) is 8.48. The normalized spacial score (nSPS) is 10.6. The van der Waals surface area contributed by atoms with Crippen molar-refractivity contribution in [1.82, 2.24) is 19.6 Å². The summed E-state index contributed by atoms with van der Waals surface area (Å²) in [6.07, 6.45) is 1.37. The Hall–Kier alpha value is -3.68. The number of hydrogen-bond acceptors (Lipinski definition) is 6. The van der Waals surface area contributed by atoms with Crippen LogP contribution in [0.2, 0.25) is 0 Å². The van der Waals surface area contributed by atoms with Crippen molar-refractivity contribution in [3.63, 3.8) is 0 Å². The van der Waals surface area contributed by atoms with Crippen LogP contribution in [0.3, 0.4) is 0 Å². The van der Waals surface area contributed by atoms with Crippen LogP contribution in [-0.4, -0.2) is 30.6 Å². The van der Waals surface area contributed by atoms with Crippen molar-refractivity contribution in [2.24, 2.45) is 5.73 Å². The Kier molecular flexibility index (Phi) is 5.16. The molecule has 0 radical (unpaired) electrons. The Labute approximate surface area is 155 Å². The van der Waals surface area contributed by atoms with Gasteiger partial charge in [-0.05, 0) is 42.8 Å². The molecule has 138 valence electrons. The smallest absolute Gasteiger partial charge is 0.223 e. The number of nitrogen functional groups attached to an aromatic ring is 1. The standard InChI is InChI=1S/C15H11N5O.C4H9NO/c16-15-17-12-4-2-1-3-11(12)14-18-13(19-20(14)15)9-5-7-10(21)8-6-9;1-2-3-4(5)6/h1-8,21H,(H2,16,17);2-3H2,1H3,(H2,5,6). The van der Waals surface area contributed by atoms with Crippen LogP contribution in [-0.2, 0) is 4.79 Å². The molecular weight excluding hydrogens is 344 g/mol. The van der Waals surface area contributed by atoms with E-state index in [1.807, 2.05) is 31.2 Å². The zero-order valence-electron chi connectivity index (χ0n) is 14.8. The maximum absolute atomic E-state index is 9.82. The van der Waals surface area contributed by atoms with Crippen molar-refractivity contribution in [2.75, 3.05) is 5.73 Å². The predicted molar refractivity (Wildman–Crippen MR) is 104 cm³/mol. The Morgan fingerprint density at radius 3 is 2.44 bits per heavy atom. The highest BCUT2D eigenvalue weighted by molar-refractivity contribution is 5.92. The lowest BCUT2D eigenvalue weighted by molar-refractivity contribution is -0.118. The van der Waals surface area contributed by atoms with Crippen LogP contribution in [0.15, 0.2) is 48.5 Å². The average Bonchev–Trinajstić information content (AvgIpc) is 3.09. The Balaban J connectivity index is 0.000000307. The first-order valence-corrected chi connectivity index (χ1v) is 8.48. The molecule has 0 aliphatic carbocycles. The second-order valence-electron chi connectivity index (χ2n) is 5.92. The molecule has 0 atom stereocenters. The summed E-state index contributed by atoms with van der Waals surface area (Å²) < 4.78 is 1.53. The van der Waals surface area contributed by atoms with E-state index in [1.54, 1.807) is 24.3 Å². The minimum absolute atomic E-state index is 0.203. The Morgan fingerprint density at radius 1 is 1.11 bits per heavy atom. The predicted octanol–water partition coefficient (Wildman–Crippen LogP) is 2.50. The van der Waals surface area contributed by atoms with Crippen LogP contribution in [0.1, 0.15) is 19.8 Å². The molecule has 0 fully saturated rings. The number of aromatic nitrogens is 4. The van der Waals surface area contributed by atoms with E-state index < -0.39 is 0 Å². The Morgan fingerprint density at radius 2 is 1.81 bits per heavy atom. The number of para-hydroxylation sites is 1. The lowest BCUT2D eigenvalue weighted by Crippen LogP contribution is -2.08. The number of nitrogens with two attached hydrogens (primary N) is 2. The number of rotatable bonds is 3. The number of aromatic hydroxyl groups is 1. The van der Waals surface area contributed by atoms with Crippen LogP contribution in [0.4, 0.5) is 5.95 Å². The summed E-state index contributed by atoms with van der Waals surface area (Å²) in [6.45, 7) is 1.92. The SMILES string of the molecule is CCCC(N)=O.Nc1nc2ccccc2c2nc(-c3ccc(O)cc3)nn12. The lowest BCUT2D eigenvalue weighted by Gasteiger charge is -2.00. The monoisotopic (exact) mass is 364 g/mol. The minimum Gasteiger partial charge on any atom is -0.508 e. The molecule has 0 spiro atoms. The molecule has 0 bridgehead atoms. The summed E-state index contributed by atoms with van der Waals surface area (Å²) in [6, 6.07) is 14.4. The average molecular weight is 364 g/mol. The fourth-order valence-corrected chi connectivity index (χ4v) is 2.56. The summed E-state index contributed by atoms with van der Waals surface area (Å²) in [5.74, 6) is 0.827. The third-order valence-corrected chi connectivity index (χ3v) is 3.83. The number of anilines is 1. The third kappa shape index (κ3) is 3.95. The molecule has 4 aromatic rings. The van der Waals surface area contributed by atoms with Gasteiger partial charge < -0.3 is 16.6 Å². The van der Waals surface area contributed by atoms with Gasteiger partial charge in [0, 0.05) is 17.4 Å². The highest BCUT2D eigenvalue weighted by atomic mass is 16.3. The first kappa shape index (κ1) is 18.1. The number of primary amides is 1. The first-order chi connectivity index (χ1) is 13.0. The van der Waals surface area contributed by atoms with Crippen molar-refractivity contribution in [3.8, 4) is 17.1 Å². The van der Waals surface area contributed by atoms with Crippen molar-refractivity contribution >= 4 is 28.4 Å². The van der Waals surface area contributed by atoms with E-state index >= 15 is 0 Å². The molecule has 8 heteroatoms. The van der Waals surface area contributed by atoms with E-state index in [9.17, 15) is 9.90 Å². The fourth-order valence-electron chi connectivity index (χ4n) is 2.56. The molecule has 0 saturated heterocycles. The van der Waals surface area contributed by atoms with Crippen molar-refractivity contribution in [1.29, 1.82) is 0 Å². The number of hydrogen-bond donors (Lipinski definition) is 3. The topological polar surface area (TPSA) is 132 Å². The number of carbonyl (C=O) groups excluding carboxylic acids is 1. The summed E-state index contributed by atoms with van der Waals surface area (Å²) in [5.41, 5.74) is 13.0. The third-order valence-electron chi connectivity index (χ3n) is 3.83. The molecule has 2 heterocycles. The maximum atomic E-state index is 9.82. The van der Waals surface area contributed by atoms with Gasteiger partial charge in [-0.1, -0.05) is 19.1 Å². The van der Waals surface area contributed by atoms with Gasteiger partial charge in [-0.3, -0.25) is 4.79 Å². The largest absolute Gasteiger partial charge is 0.508 e. The van der Waals surface area contributed by atoms with Crippen LogP contribution >= 0.6 is 0 Å². The molecule has 8 nitrogen and oxygen atoms in total. The summed E-state index contributed by atoms with van der Waals surface area (Å²) in [7, 11) is 0. The van der Waals surface area contributed by atoms with Gasteiger partial charge in [0.05, 0.1) is 5.52 Å². The number of phenols is 1. The van der Waals surface area contributed by atoms with Crippen LogP contribution < -0.4 is 11.5 Å². The zero-order chi connectivity index (χ0) is 19.4. The van der Waals surface area contributed by atoms with Gasteiger partial charge >= 0.3 is 0 Å². The molecule has 2 aromatic carbocycles. The van der Waals surface area contributed by atoms with Gasteiger partial charge in [-0.15, -0.1) is 5.10 Å². The number of amides is 1. The minimum atomic E-state index is -0.211. The summed E-state index contributed by atoms with van der Waals surface area (Å²) in [5, 5.41) is 14.6. The van der Waals surface area contributed by atoms with Crippen molar-refractivity contribution in [3.05, 3.63) is 48.5 Å². The molecule has 2 aromatic heterocycles. The number of benzene rings is 2.